The maximum atomic E-state index is 11.0. The van der Waals surface area contributed by atoms with Crippen LogP contribution in [0.25, 0.3) is 0 Å². The first-order valence-corrected chi connectivity index (χ1v) is 5.07. The van der Waals surface area contributed by atoms with Crippen molar-refractivity contribution in [3.63, 3.8) is 0 Å². The smallest absolute Gasteiger partial charge is 0.0563 e. The predicted molar refractivity (Wildman–Crippen MR) is 50.9 cm³/mol. The van der Waals surface area contributed by atoms with Gasteiger partial charge in [0.1, 0.15) is 0 Å². The molecular weight excluding hydrogens is 208 g/mol. The van der Waals surface area contributed by atoms with Gasteiger partial charge in [0.05, 0.1) is 17.4 Å². The third-order valence-corrected chi connectivity index (χ3v) is 3.35. The normalized spacial score (nSPS) is 22.1. The summed E-state index contributed by atoms with van der Waals surface area (Å²) in [6, 6.07) is 8.75. The molecule has 0 bridgehead atoms. The maximum absolute atomic E-state index is 11.0. The van der Waals surface area contributed by atoms with Gasteiger partial charge in [0.25, 0.3) is 0 Å². The van der Waals surface area contributed by atoms with Gasteiger partial charge in [0.2, 0.25) is 0 Å². The summed E-state index contributed by atoms with van der Waals surface area (Å²) in [5.74, 6) is -3.64. The van der Waals surface area contributed by atoms with Gasteiger partial charge < -0.3 is 19.8 Å². The molecule has 2 rings (SSSR count). The maximum Gasteiger partial charge on any atom is 0.0563 e. The molecular formula is C12H10O4-2. The topological polar surface area (TPSA) is 80.3 Å². The highest BCUT2D eigenvalue weighted by Gasteiger charge is 2.50. The first-order chi connectivity index (χ1) is 7.59. The summed E-state index contributed by atoms with van der Waals surface area (Å²) in [7, 11) is 0. The molecule has 1 aliphatic rings. The van der Waals surface area contributed by atoms with Crippen molar-refractivity contribution in [2.75, 3.05) is 0 Å². The van der Waals surface area contributed by atoms with E-state index >= 15 is 0 Å². The Morgan fingerprint density at radius 1 is 1.12 bits per heavy atom. The fourth-order valence-corrected chi connectivity index (χ4v) is 2.29. The molecule has 16 heavy (non-hydrogen) atoms. The molecule has 84 valence electrons. The lowest BCUT2D eigenvalue weighted by atomic mass is 9.57. The van der Waals surface area contributed by atoms with Crippen LogP contribution in [0.3, 0.4) is 0 Å². The van der Waals surface area contributed by atoms with Crippen LogP contribution in [0.2, 0.25) is 0 Å². The van der Waals surface area contributed by atoms with E-state index in [2.05, 4.69) is 0 Å². The van der Waals surface area contributed by atoms with Crippen LogP contribution in [-0.4, -0.2) is 11.9 Å². The van der Waals surface area contributed by atoms with Gasteiger partial charge in [-0.2, -0.15) is 0 Å². The summed E-state index contributed by atoms with van der Waals surface area (Å²) in [6.45, 7) is 0. The number of rotatable bonds is 3. The number of benzene rings is 1. The van der Waals surface area contributed by atoms with E-state index in [1.54, 1.807) is 30.3 Å². The van der Waals surface area contributed by atoms with Crippen LogP contribution in [0.5, 0.6) is 0 Å². The number of carbonyl (C=O) groups excluding carboxylic acids is 2. The van der Waals surface area contributed by atoms with Crippen LogP contribution in [0.15, 0.2) is 30.3 Å². The van der Waals surface area contributed by atoms with Crippen molar-refractivity contribution < 1.29 is 19.8 Å². The van der Waals surface area contributed by atoms with Crippen LogP contribution in [0.1, 0.15) is 24.3 Å². The molecule has 4 heteroatoms. The molecule has 0 aromatic heterocycles. The van der Waals surface area contributed by atoms with Crippen LogP contribution < -0.4 is 10.2 Å². The van der Waals surface area contributed by atoms with E-state index in [0.717, 1.165) is 0 Å². The Hall–Kier alpha value is -1.84. The van der Waals surface area contributed by atoms with Gasteiger partial charge in [0.15, 0.2) is 0 Å². The largest absolute Gasteiger partial charge is 0.549 e. The zero-order valence-electron chi connectivity index (χ0n) is 8.51. The molecule has 1 fully saturated rings. The van der Waals surface area contributed by atoms with E-state index in [0.29, 0.717) is 12.0 Å². The Morgan fingerprint density at radius 2 is 1.69 bits per heavy atom. The molecule has 0 N–H and O–H groups in total. The number of carboxylic acids is 2. The average Bonchev–Trinajstić information content (AvgIpc) is 2.16. The van der Waals surface area contributed by atoms with Gasteiger partial charge in [-0.05, 0) is 18.4 Å². The van der Waals surface area contributed by atoms with Gasteiger partial charge >= 0.3 is 0 Å². The lowest BCUT2D eigenvalue weighted by Crippen LogP contribution is -2.61. The molecule has 0 saturated heterocycles. The first-order valence-electron chi connectivity index (χ1n) is 5.07. The Kier molecular flexibility index (Phi) is 2.42. The molecule has 0 heterocycles. The molecule has 0 amide bonds. The molecule has 1 aromatic carbocycles. The Labute approximate surface area is 92.5 Å². The van der Waals surface area contributed by atoms with Crippen LogP contribution in [-0.2, 0) is 9.59 Å². The number of hydrogen-bond acceptors (Lipinski definition) is 4. The standard InChI is InChI=1S/C12H12O4/c13-10(14)12(11(15)16)7-6-9(12)8-4-2-1-3-5-8/h1-5,9H,6-7H2,(H,13,14)(H,15,16)/p-2/t9-/m1/s1. The molecule has 0 aliphatic heterocycles. The summed E-state index contributed by atoms with van der Waals surface area (Å²) in [5.41, 5.74) is -1.14. The van der Waals surface area contributed by atoms with Crippen molar-refractivity contribution in [3.05, 3.63) is 35.9 Å². The van der Waals surface area contributed by atoms with E-state index in [1.807, 2.05) is 0 Å². The van der Waals surface area contributed by atoms with Crippen molar-refractivity contribution >= 4 is 11.9 Å². The number of hydrogen-bond donors (Lipinski definition) is 0. The van der Waals surface area contributed by atoms with Crippen molar-refractivity contribution in [2.45, 2.75) is 18.8 Å². The van der Waals surface area contributed by atoms with Gasteiger partial charge in [-0.25, -0.2) is 0 Å². The molecule has 1 aliphatic carbocycles. The highest BCUT2D eigenvalue weighted by molar-refractivity contribution is 5.98. The quantitative estimate of drug-likeness (QED) is 0.612. The lowest BCUT2D eigenvalue weighted by Gasteiger charge is -2.51. The minimum atomic E-state index is -1.85. The Balaban J connectivity index is 2.38. The van der Waals surface area contributed by atoms with Crippen molar-refractivity contribution in [3.8, 4) is 0 Å². The second kappa shape index (κ2) is 3.63. The molecule has 4 nitrogen and oxygen atoms in total. The van der Waals surface area contributed by atoms with Gasteiger partial charge in [-0.3, -0.25) is 0 Å². The molecule has 0 radical (unpaired) electrons. The summed E-state index contributed by atoms with van der Waals surface area (Å²) in [4.78, 5) is 22.0. The van der Waals surface area contributed by atoms with E-state index < -0.39 is 23.3 Å². The third-order valence-electron chi connectivity index (χ3n) is 3.35. The Bertz CT molecular complexity index is 410. The Morgan fingerprint density at radius 3 is 2.06 bits per heavy atom. The van der Waals surface area contributed by atoms with Crippen LogP contribution >= 0.6 is 0 Å². The number of carboxylic acid groups (broad SMARTS) is 2. The molecule has 0 unspecified atom stereocenters. The summed E-state index contributed by atoms with van der Waals surface area (Å²) in [6.07, 6.45) is 0.614. The number of aliphatic carboxylic acids is 2. The highest BCUT2D eigenvalue weighted by Crippen LogP contribution is 2.52. The van der Waals surface area contributed by atoms with E-state index in [1.165, 1.54) is 0 Å². The predicted octanol–water partition coefficient (Wildman–Crippen LogP) is -0.950. The fraction of sp³-hybridized carbons (Fsp3) is 0.333. The van der Waals surface area contributed by atoms with Gasteiger partial charge in [-0.15, -0.1) is 0 Å². The monoisotopic (exact) mass is 218 g/mol. The van der Waals surface area contributed by atoms with Crippen molar-refractivity contribution in [2.24, 2.45) is 5.41 Å². The molecule has 1 aromatic rings. The van der Waals surface area contributed by atoms with Gasteiger partial charge in [0, 0.05) is 5.92 Å². The second-order valence-corrected chi connectivity index (χ2v) is 4.05. The third kappa shape index (κ3) is 1.30. The van der Waals surface area contributed by atoms with Crippen molar-refractivity contribution in [1.82, 2.24) is 0 Å². The SMILES string of the molecule is O=C([O-])C1(C(=O)[O-])CC[C@@H]1c1ccccc1. The summed E-state index contributed by atoms with van der Waals surface area (Å²) < 4.78 is 0. The fourth-order valence-electron chi connectivity index (χ4n) is 2.29. The van der Waals surface area contributed by atoms with E-state index in [4.69, 9.17) is 0 Å². The second-order valence-electron chi connectivity index (χ2n) is 4.05. The summed E-state index contributed by atoms with van der Waals surface area (Å²) >= 11 is 0. The molecule has 0 spiro atoms. The minimum Gasteiger partial charge on any atom is -0.549 e. The zero-order chi connectivity index (χ0) is 11.8. The van der Waals surface area contributed by atoms with Crippen LogP contribution in [0, 0.1) is 5.41 Å². The van der Waals surface area contributed by atoms with Crippen LogP contribution in [0.4, 0.5) is 0 Å². The van der Waals surface area contributed by atoms with E-state index in [9.17, 15) is 19.8 Å². The van der Waals surface area contributed by atoms with Gasteiger partial charge in [-0.1, -0.05) is 30.3 Å². The van der Waals surface area contributed by atoms with E-state index in [-0.39, 0.29) is 6.42 Å². The zero-order valence-corrected chi connectivity index (χ0v) is 8.51. The molecule has 1 atom stereocenters. The average molecular weight is 218 g/mol. The lowest BCUT2D eigenvalue weighted by molar-refractivity contribution is -0.350. The molecule has 1 saturated carbocycles. The highest BCUT2D eigenvalue weighted by atomic mass is 16.4. The van der Waals surface area contributed by atoms with Crippen molar-refractivity contribution in [1.29, 1.82) is 0 Å². The minimum absolute atomic E-state index is 0.0806. The summed E-state index contributed by atoms with van der Waals surface area (Å²) in [5, 5.41) is 22.0. The first kappa shape index (κ1) is 10.7. The number of carbonyl (C=O) groups is 2.